The monoisotopic (exact) mass is 145 g/mol. The number of nitrogens with zero attached hydrogens (tertiary/aromatic N) is 5. The lowest BCUT2D eigenvalue weighted by molar-refractivity contribution is 0.891. The van der Waals surface area contributed by atoms with Gasteiger partial charge in [-0.15, -0.1) is 22.6 Å². The zero-order valence-electron chi connectivity index (χ0n) is 4.38. The molecule has 6 heteroatoms. The smallest absolute Gasteiger partial charge is 0.0530 e. The molecule has 0 amide bonds. The fraction of sp³-hybridized carbons (Fsp3) is 0. The Labute approximate surface area is 57.7 Å². The maximum absolute atomic E-state index is 3.42. The van der Waals surface area contributed by atoms with Crippen LogP contribution in [0.4, 0.5) is 0 Å². The zero-order chi connectivity index (χ0) is 5.66. The molecule has 1 aliphatic rings. The third-order valence-electron chi connectivity index (χ3n) is 0.489. The van der Waals surface area contributed by atoms with Crippen molar-refractivity contribution in [3.05, 3.63) is 12.3 Å². The van der Waals surface area contributed by atoms with Crippen molar-refractivity contribution in [3.8, 4) is 0 Å². The second-order valence-corrected chi connectivity index (χ2v) is 0.990. The van der Waals surface area contributed by atoms with Crippen LogP contribution in [0.5, 0.6) is 0 Å². The molecule has 5 nitrogen and oxygen atoms in total. The molecule has 0 aliphatic carbocycles. The number of halogens is 1. The molecule has 1 aliphatic heterocycles. The number of allylic oxidation sites excluding steroid dienone is 1. The van der Waals surface area contributed by atoms with E-state index in [9.17, 15) is 0 Å². The van der Waals surface area contributed by atoms with Gasteiger partial charge in [-0.05, 0) is 21.7 Å². The molecule has 0 atom stereocenters. The molecule has 0 aromatic rings. The third-order valence-corrected chi connectivity index (χ3v) is 0.489. The van der Waals surface area contributed by atoms with Crippen LogP contribution in [0.2, 0.25) is 0 Å². The molecule has 0 fully saturated rings. The minimum Gasteiger partial charge on any atom is -0.147 e. The van der Waals surface area contributed by atoms with E-state index < -0.39 is 0 Å². The summed E-state index contributed by atoms with van der Waals surface area (Å²) < 4.78 is 0. The van der Waals surface area contributed by atoms with E-state index in [1.54, 1.807) is 6.08 Å². The number of rotatable bonds is 0. The third kappa shape index (κ3) is 3.48. The highest BCUT2D eigenvalue weighted by molar-refractivity contribution is 5.85. The predicted octanol–water partition coefficient (Wildman–Crippen LogP) is 1.74. The van der Waals surface area contributed by atoms with Crippen molar-refractivity contribution in [2.45, 2.75) is 0 Å². The number of hydrogen-bond acceptors (Lipinski definition) is 5. The molecule has 0 radical (unpaired) electrons. The Bertz CT molecular complexity index is 113. The first-order valence-corrected chi connectivity index (χ1v) is 1.98. The van der Waals surface area contributed by atoms with Gasteiger partial charge in [-0.2, -0.15) is 0 Å². The normalized spacial score (nSPS) is 17.8. The van der Waals surface area contributed by atoms with Gasteiger partial charge in [-0.25, -0.2) is 0 Å². The standard InChI is InChI=1S/C3H3N5.ClH/c1-2-4-6-8-7-5-3-1;/h1-3H;1H/b2-1?,3-1?,4-2?,5-3?,6-4?,7-5?,8-6-,8-7?;. The lowest BCUT2D eigenvalue weighted by Gasteiger charge is -1.74. The van der Waals surface area contributed by atoms with Crippen molar-refractivity contribution >= 4 is 18.6 Å². The van der Waals surface area contributed by atoms with Crippen LogP contribution in [-0.4, -0.2) is 6.21 Å². The van der Waals surface area contributed by atoms with Crippen LogP contribution >= 0.6 is 12.4 Å². The van der Waals surface area contributed by atoms with Crippen LogP contribution < -0.4 is 0 Å². The Morgan fingerprint density at radius 2 is 1.89 bits per heavy atom. The van der Waals surface area contributed by atoms with Crippen LogP contribution in [0.25, 0.3) is 0 Å². The van der Waals surface area contributed by atoms with E-state index in [4.69, 9.17) is 0 Å². The van der Waals surface area contributed by atoms with Crippen LogP contribution in [0.3, 0.4) is 0 Å². The fourth-order valence-electron chi connectivity index (χ4n) is 0.239. The summed E-state index contributed by atoms with van der Waals surface area (Å²) in [6.07, 6.45) is 4.56. The molecule has 0 saturated heterocycles. The Kier molecular flexibility index (Phi) is 4.43. The lowest BCUT2D eigenvalue weighted by Crippen LogP contribution is -1.62. The summed E-state index contributed by atoms with van der Waals surface area (Å²) in [5.41, 5.74) is 0. The highest BCUT2D eigenvalue weighted by Gasteiger charge is 1.68. The van der Waals surface area contributed by atoms with E-state index in [2.05, 4.69) is 25.9 Å². The summed E-state index contributed by atoms with van der Waals surface area (Å²) in [7, 11) is 0. The van der Waals surface area contributed by atoms with Crippen molar-refractivity contribution < 1.29 is 0 Å². The maximum atomic E-state index is 3.42. The molecule has 0 aromatic carbocycles. The first-order chi connectivity index (χ1) is 4.00. The predicted molar refractivity (Wildman–Crippen MR) is 34.6 cm³/mol. The van der Waals surface area contributed by atoms with Crippen molar-refractivity contribution in [1.82, 2.24) is 0 Å². The topological polar surface area (TPSA) is 61.8 Å². The van der Waals surface area contributed by atoms with Gasteiger partial charge in [-0.3, -0.25) is 0 Å². The van der Waals surface area contributed by atoms with Crippen molar-refractivity contribution in [3.63, 3.8) is 0 Å². The summed E-state index contributed by atoms with van der Waals surface area (Å²) in [6.45, 7) is 0. The lowest BCUT2D eigenvalue weighted by atomic mass is 10.7. The molecular formula is C3H4ClN5. The van der Waals surface area contributed by atoms with E-state index in [1.807, 2.05) is 0 Å². The van der Waals surface area contributed by atoms with Crippen molar-refractivity contribution in [1.29, 1.82) is 0 Å². The zero-order valence-corrected chi connectivity index (χ0v) is 5.19. The van der Waals surface area contributed by atoms with Crippen molar-refractivity contribution in [2.75, 3.05) is 0 Å². The summed E-state index contributed by atoms with van der Waals surface area (Å²) in [5.74, 6) is 0. The molecular weight excluding hydrogens is 142 g/mol. The van der Waals surface area contributed by atoms with Crippen LogP contribution in [0.15, 0.2) is 38.2 Å². The molecule has 0 unspecified atom stereocenters. The number of hydrogen-bond donors (Lipinski definition) is 0. The average molecular weight is 146 g/mol. The second kappa shape index (κ2) is 5.04. The molecule has 0 spiro atoms. The Morgan fingerprint density at radius 3 is 2.78 bits per heavy atom. The van der Waals surface area contributed by atoms with Gasteiger partial charge >= 0.3 is 0 Å². The molecule has 1 rings (SSSR count). The average Bonchev–Trinajstić information content (AvgIpc) is 1.62. The van der Waals surface area contributed by atoms with E-state index in [-0.39, 0.29) is 12.4 Å². The molecule has 0 aromatic heterocycles. The fourth-order valence-corrected chi connectivity index (χ4v) is 0.239. The van der Waals surface area contributed by atoms with E-state index in [0.717, 1.165) is 0 Å². The van der Waals surface area contributed by atoms with Gasteiger partial charge in [0, 0.05) is 0 Å². The van der Waals surface area contributed by atoms with Gasteiger partial charge < -0.3 is 0 Å². The molecule has 9 heavy (non-hydrogen) atoms. The summed E-state index contributed by atoms with van der Waals surface area (Å²) in [6, 6.07) is 0. The first-order valence-electron chi connectivity index (χ1n) is 1.98. The van der Waals surface area contributed by atoms with E-state index in [1.165, 1.54) is 12.4 Å². The molecule has 0 bridgehead atoms. The van der Waals surface area contributed by atoms with Crippen LogP contribution in [-0.2, 0) is 0 Å². The first kappa shape index (κ1) is 7.90. The largest absolute Gasteiger partial charge is 0.147 e. The van der Waals surface area contributed by atoms with Crippen molar-refractivity contribution in [2.24, 2.45) is 25.9 Å². The molecule has 1 heterocycles. The quantitative estimate of drug-likeness (QED) is 0.499. The molecule has 0 saturated carbocycles. The SMILES string of the molecule is C1=CN=N/N=N\N=C1.Cl. The van der Waals surface area contributed by atoms with Gasteiger partial charge in [0.1, 0.15) is 0 Å². The highest BCUT2D eigenvalue weighted by atomic mass is 35.5. The van der Waals surface area contributed by atoms with Gasteiger partial charge in [0.2, 0.25) is 0 Å². The summed E-state index contributed by atoms with van der Waals surface area (Å²) >= 11 is 0. The Hall–Kier alpha value is -1.10. The second-order valence-electron chi connectivity index (χ2n) is 0.990. The Morgan fingerprint density at radius 1 is 1.00 bits per heavy atom. The van der Waals surface area contributed by atoms with E-state index in [0.29, 0.717) is 0 Å². The minimum absolute atomic E-state index is 0. The summed E-state index contributed by atoms with van der Waals surface area (Å²) in [5, 5.41) is 16.4. The Balaban J connectivity index is 0.000000640. The van der Waals surface area contributed by atoms with E-state index >= 15 is 0 Å². The maximum Gasteiger partial charge on any atom is 0.0530 e. The van der Waals surface area contributed by atoms with Gasteiger partial charge in [-0.1, -0.05) is 0 Å². The molecule has 0 N–H and O–H groups in total. The van der Waals surface area contributed by atoms with Gasteiger partial charge in [0.05, 0.1) is 12.4 Å². The van der Waals surface area contributed by atoms with Gasteiger partial charge in [0.25, 0.3) is 0 Å². The minimum atomic E-state index is 0. The molecule has 48 valence electrons. The summed E-state index contributed by atoms with van der Waals surface area (Å²) in [4.78, 5) is 0. The van der Waals surface area contributed by atoms with Crippen LogP contribution in [0, 0.1) is 0 Å². The van der Waals surface area contributed by atoms with Crippen LogP contribution in [0.1, 0.15) is 0 Å². The van der Waals surface area contributed by atoms with Gasteiger partial charge in [0.15, 0.2) is 0 Å². The highest BCUT2D eigenvalue weighted by Crippen LogP contribution is 1.85.